The lowest BCUT2D eigenvalue weighted by Gasteiger charge is -2.28. The summed E-state index contributed by atoms with van der Waals surface area (Å²) in [4.78, 5) is 22.5. The molecule has 0 aliphatic carbocycles. The molecule has 7 heteroatoms. The van der Waals surface area contributed by atoms with Gasteiger partial charge in [-0.15, -0.1) is 0 Å². The molecule has 2 aromatic carbocycles. The first-order valence-electron chi connectivity index (χ1n) is 9.48. The van der Waals surface area contributed by atoms with Crippen LogP contribution in [0.5, 0.6) is 11.5 Å². The van der Waals surface area contributed by atoms with Gasteiger partial charge in [-0.25, -0.2) is 4.98 Å². The molecule has 7 nitrogen and oxygen atoms in total. The Bertz CT molecular complexity index is 1080. The zero-order chi connectivity index (χ0) is 20.4. The maximum absolute atomic E-state index is 12.6. The van der Waals surface area contributed by atoms with Crippen molar-refractivity contribution < 1.29 is 9.47 Å². The van der Waals surface area contributed by atoms with Crippen LogP contribution in [-0.2, 0) is 19.5 Å². The first-order chi connectivity index (χ1) is 14.1. The van der Waals surface area contributed by atoms with E-state index in [2.05, 4.69) is 9.88 Å². The number of hydrogen-bond donors (Lipinski definition) is 2. The van der Waals surface area contributed by atoms with Gasteiger partial charge in [0, 0.05) is 42.0 Å². The van der Waals surface area contributed by atoms with Crippen molar-refractivity contribution in [3.05, 3.63) is 69.6 Å². The van der Waals surface area contributed by atoms with Crippen molar-refractivity contribution in [1.82, 2.24) is 14.9 Å². The highest BCUT2D eigenvalue weighted by molar-refractivity contribution is 5.58. The smallest absolute Gasteiger partial charge is 0.254 e. The minimum Gasteiger partial charge on any atom is -0.497 e. The Balaban J connectivity index is 1.61. The van der Waals surface area contributed by atoms with Gasteiger partial charge < -0.3 is 20.2 Å². The highest BCUT2D eigenvalue weighted by Crippen LogP contribution is 2.27. The second-order valence-corrected chi connectivity index (χ2v) is 7.10. The van der Waals surface area contributed by atoms with Crippen molar-refractivity contribution in [2.75, 3.05) is 26.5 Å². The number of nitrogens with zero attached hydrogens (tertiary/aromatic N) is 2. The van der Waals surface area contributed by atoms with Crippen molar-refractivity contribution in [3.8, 4) is 22.9 Å². The summed E-state index contributed by atoms with van der Waals surface area (Å²) in [6.45, 7) is 2.06. The first-order valence-corrected chi connectivity index (χ1v) is 9.48. The molecule has 1 aromatic heterocycles. The lowest BCUT2D eigenvalue weighted by Crippen LogP contribution is -2.35. The second-order valence-electron chi connectivity index (χ2n) is 7.10. The molecule has 1 aliphatic rings. The molecule has 150 valence electrons. The van der Waals surface area contributed by atoms with Gasteiger partial charge in [-0.1, -0.05) is 0 Å². The van der Waals surface area contributed by atoms with E-state index in [1.54, 1.807) is 26.4 Å². The van der Waals surface area contributed by atoms with E-state index in [1.165, 1.54) is 0 Å². The van der Waals surface area contributed by atoms with Crippen LogP contribution in [0.1, 0.15) is 16.8 Å². The van der Waals surface area contributed by atoms with E-state index in [1.807, 2.05) is 30.3 Å². The summed E-state index contributed by atoms with van der Waals surface area (Å²) in [5.74, 6) is 2.17. The Kier molecular flexibility index (Phi) is 5.22. The molecule has 0 radical (unpaired) electrons. The number of benzene rings is 2. The SMILES string of the molecule is COc1ccc(OC)c(CN2CCc3c(nc(-c4ccc(N)cc4)[nH]c3=O)C2)c1. The standard InChI is InChI=1S/C22H24N4O3/c1-28-17-7-8-20(29-2)15(11-17)12-26-10-9-18-19(13-26)24-21(25-22(18)27)14-3-5-16(23)6-4-14/h3-8,11H,9-10,12-13,23H2,1-2H3,(H,24,25,27). The van der Waals surface area contributed by atoms with Crippen molar-refractivity contribution in [2.45, 2.75) is 19.5 Å². The largest absolute Gasteiger partial charge is 0.497 e. The molecule has 3 aromatic rings. The summed E-state index contributed by atoms with van der Waals surface area (Å²) in [6, 6.07) is 13.1. The molecule has 0 saturated heterocycles. The van der Waals surface area contributed by atoms with Gasteiger partial charge in [0.1, 0.15) is 17.3 Å². The maximum atomic E-state index is 12.6. The predicted molar refractivity (Wildman–Crippen MR) is 112 cm³/mol. The van der Waals surface area contributed by atoms with Crippen LogP contribution in [-0.4, -0.2) is 35.6 Å². The van der Waals surface area contributed by atoms with Crippen LogP contribution in [0.4, 0.5) is 5.69 Å². The van der Waals surface area contributed by atoms with Crippen LogP contribution in [0.2, 0.25) is 0 Å². The number of rotatable bonds is 5. The number of aromatic nitrogens is 2. The predicted octanol–water partition coefficient (Wildman–Crippen LogP) is 2.59. The first kappa shape index (κ1) is 19.0. The number of hydrogen-bond acceptors (Lipinski definition) is 6. The summed E-state index contributed by atoms with van der Waals surface area (Å²) in [7, 11) is 3.31. The average Bonchev–Trinajstić information content (AvgIpc) is 2.74. The molecular formula is C22H24N4O3. The van der Waals surface area contributed by atoms with Gasteiger partial charge in [-0.2, -0.15) is 0 Å². The third-order valence-electron chi connectivity index (χ3n) is 5.22. The Morgan fingerprint density at radius 3 is 2.66 bits per heavy atom. The molecule has 0 atom stereocenters. The summed E-state index contributed by atoms with van der Waals surface area (Å²) < 4.78 is 10.8. The highest BCUT2D eigenvalue weighted by Gasteiger charge is 2.22. The molecule has 29 heavy (non-hydrogen) atoms. The Hall–Kier alpha value is -3.32. The van der Waals surface area contributed by atoms with E-state index in [0.717, 1.165) is 40.4 Å². The van der Waals surface area contributed by atoms with Crippen LogP contribution >= 0.6 is 0 Å². The number of aromatic amines is 1. The lowest BCUT2D eigenvalue weighted by atomic mass is 10.0. The van der Waals surface area contributed by atoms with E-state index in [0.29, 0.717) is 31.0 Å². The Morgan fingerprint density at radius 1 is 1.14 bits per heavy atom. The molecule has 0 fully saturated rings. The van der Waals surface area contributed by atoms with Gasteiger partial charge in [0.05, 0.1) is 19.9 Å². The quantitative estimate of drug-likeness (QED) is 0.649. The van der Waals surface area contributed by atoms with Crippen LogP contribution in [0, 0.1) is 0 Å². The topological polar surface area (TPSA) is 93.5 Å². The fourth-order valence-corrected chi connectivity index (χ4v) is 3.65. The molecule has 0 amide bonds. The molecule has 0 unspecified atom stereocenters. The van der Waals surface area contributed by atoms with Gasteiger partial charge in [-0.05, 0) is 48.9 Å². The summed E-state index contributed by atoms with van der Waals surface area (Å²) in [6.07, 6.45) is 0.659. The minimum atomic E-state index is -0.0690. The van der Waals surface area contributed by atoms with Crippen molar-refractivity contribution in [1.29, 1.82) is 0 Å². The van der Waals surface area contributed by atoms with E-state index in [-0.39, 0.29) is 5.56 Å². The van der Waals surface area contributed by atoms with Gasteiger partial charge in [-0.3, -0.25) is 9.69 Å². The number of anilines is 1. The molecular weight excluding hydrogens is 368 g/mol. The monoisotopic (exact) mass is 392 g/mol. The molecule has 0 saturated carbocycles. The van der Waals surface area contributed by atoms with Crippen LogP contribution in [0.3, 0.4) is 0 Å². The summed E-state index contributed by atoms with van der Waals surface area (Å²) in [5, 5.41) is 0. The molecule has 0 spiro atoms. The van der Waals surface area contributed by atoms with Gasteiger partial charge in [0.15, 0.2) is 0 Å². The molecule has 2 heterocycles. The fraction of sp³-hybridized carbons (Fsp3) is 0.273. The van der Waals surface area contributed by atoms with E-state index < -0.39 is 0 Å². The molecule has 3 N–H and O–H groups in total. The van der Waals surface area contributed by atoms with Crippen LogP contribution in [0.15, 0.2) is 47.3 Å². The lowest BCUT2D eigenvalue weighted by molar-refractivity contribution is 0.236. The fourth-order valence-electron chi connectivity index (χ4n) is 3.65. The second kappa shape index (κ2) is 7.97. The zero-order valence-corrected chi connectivity index (χ0v) is 16.6. The maximum Gasteiger partial charge on any atom is 0.254 e. The Labute approximate surface area is 169 Å². The molecule has 0 bridgehead atoms. The van der Waals surface area contributed by atoms with Gasteiger partial charge in [0.2, 0.25) is 0 Å². The van der Waals surface area contributed by atoms with Crippen LogP contribution in [0.25, 0.3) is 11.4 Å². The third-order valence-corrected chi connectivity index (χ3v) is 5.22. The molecule has 1 aliphatic heterocycles. The van der Waals surface area contributed by atoms with E-state index in [4.69, 9.17) is 20.2 Å². The number of methoxy groups -OCH3 is 2. The third kappa shape index (κ3) is 3.95. The number of nitrogens with one attached hydrogen (secondary N) is 1. The van der Waals surface area contributed by atoms with Crippen molar-refractivity contribution >= 4 is 5.69 Å². The highest BCUT2D eigenvalue weighted by atomic mass is 16.5. The normalized spacial score (nSPS) is 13.7. The number of fused-ring (bicyclic) bond motifs is 1. The number of nitrogen functional groups attached to an aromatic ring is 1. The summed E-state index contributed by atoms with van der Waals surface area (Å²) >= 11 is 0. The van der Waals surface area contributed by atoms with Gasteiger partial charge in [0.25, 0.3) is 5.56 Å². The zero-order valence-electron chi connectivity index (χ0n) is 16.6. The van der Waals surface area contributed by atoms with Crippen molar-refractivity contribution in [2.24, 2.45) is 0 Å². The molecule has 4 rings (SSSR count). The van der Waals surface area contributed by atoms with E-state index in [9.17, 15) is 4.79 Å². The number of ether oxygens (including phenoxy) is 2. The Morgan fingerprint density at radius 2 is 1.93 bits per heavy atom. The van der Waals surface area contributed by atoms with Crippen molar-refractivity contribution in [3.63, 3.8) is 0 Å². The summed E-state index contributed by atoms with van der Waals surface area (Å²) in [5.41, 5.74) is 9.82. The number of H-pyrrole nitrogens is 1. The number of nitrogens with two attached hydrogens (primary N) is 1. The van der Waals surface area contributed by atoms with Gasteiger partial charge >= 0.3 is 0 Å². The van der Waals surface area contributed by atoms with E-state index >= 15 is 0 Å². The average molecular weight is 392 g/mol. The minimum absolute atomic E-state index is 0.0690. The van der Waals surface area contributed by atoms with Crippen LogP contribution < -0.4 is 20.8 Å².